The number of aromatic nitrogens is 1. The zero-order chi connectivity index (χ0) is 10.8. The third-order valence-corrected chi connectivity index (χ3v) is 2.83. The first kappa shape index (κ1) is 10.4. The van der Waals surface area contributed by atoms with E-state index in [9.17, 15) is 5.11 Å². The number of aliphatic hydroxyl groups excluding tert-OH is 1. The monoisotopic (exact) mass is 206 g/mol. The van der Waals surface area contributed by atoms with Crippen molar-refractivity contribution in [2.75, 3.05) is 5.32 Å². The normalized spacial score (nSPS) is 17.5. The standard InChI is InChI=1S/C12H18N2O/c1-3-11(15)10-7-13-12(6-8(10)2)14-9-4-5-9/h6-7,9,11,15H,3-5H2,1-2H3,(H,13,14)/t11-/m1/s1. The maximum Gasteiger partial charge on any atom is 0.126 e. The van der Waals surface area contributed by atoms with Gasteiger partial charge in [-0.15, -0.1) is 0 Å². The summed E-state index contributed by atoms with van der Waals surface area (Å²) in [6.45, 7) is 3.99. The Labute approximate surface area is 90.5 Å². The van der Waals surface area contributed by atoms with Crippen LogP contribution in [-0.4, -0.2) is 16.1 Å². The Morgan fingerprint density at radius 3 is 2.87 bits per heavy atom. The van der Waals surface area contributed by atoms with E-state index in [4.69, 9.17) is 0 Å². The molecule has 0 saturated heterocycles. The number of hydrogen-bond acceptors (Lipinski definition) is 3. The molecule has 2 rings (SSSR count). The van der Waals surface area contributed by atoms with E-state index in [0.717, 1.165) is 23.4 Å². The van der Waals surface area contributed by atoms with Crippen LogP contribution in [0.15, 0.2) is 12.3 Å². The highest BCUT2D eigenvalue weighted by Gasteiger charge is 2.21. The lowest BCUT2D eigenvalue weighted by Crippen LogP contribution is -2.05. The van der Waals surface area contributed by atoms with Gasteiger partial charge >= 0.3 is 0 Å². The number of rotatable bonds is 4. The van der Waals surface area contributed by atoms with E-state index < -0.39 is 0 Å². The second kappa shape index (κ2) is 4.19. The van der Waals surface area contributed by atoms with E-state index in [-0.39, 0.29) is 6.10 Å². The first-order valence-corrected chi connectivity index (χ1v) is 5.62. The molecule has 3 heteroatoms. The van der Waals surface area contributed by atoms with Gasteiger partial charge in [-0.1, -0.05) is 6.92 Å². The minimum absolute atomic E-state index is 0.382. The lowest BCUT2D eigenvalue weighted by Gasteiger charge is -2.12. The van der Waals surface area contributed by atoms with Gasteiger partial charge < -0.3 is 10.4 Å². The van der Waals surface area contributed by atoms with Gasteiger partial charge in [-0.2, -0.15) is 0 Å². The van der Waals surface area contributed by atoms with Crippen LogP contribution < -0.4 is 5.32 Å². The van der Waals surface area contributed by atoms with Crippen LogP contribution in [0.2, 0.25) is 0 Å². The zero-order valence-corrected chi connectivity index (χ0v) is 9.33. The number of pyridine rings is 1. The summed E-state index contributed by atoms with van der Waals surface area (Å²) in [5.41, 5.74) is 2.06. The highest BCUT2D eigenvalue weighted by molar-refractivity contribution is 5.42. The fourth-order valence-corrected chi connectivity index (χ4v) is 1.65. The molecule has 0 bridgehead atoms. The van der Waals surface area contributed by atoms with Gasteiger partial charge in [-0.3, -0.25) is 0 Å². The molecular weight excluding hydrogens is 188 g/mol. The highest BCUT2D eigenvalue weighted by Crippen LogP contribution is 2.26. The molecule has 1 aromatic heterocycles. The molecule has 0 unspecified atom stereocenters. The summed E-state index contributed by atoms with van der Waals surface area (Å²) in [6.07, 6.45) is 4.64. The Morgan fingerprint density at radius 2 is 2.33 bits per heavy atom. The van der Waals surface area contributed by atoms with E-state index in [0.29, 0.717) is 6.04 Å². The second-order valence-corrected chi connectivity index (χ2v) is 4.27. The summed E-state index contributed by atoms with van der Waals surface area (Å²) in [5.74, 6) is 0.932. The van der Waals surface area contributed by atoms with Crippen LogP contribution >= 0.6 is 0 Å². The maximum atomic E-state index is 9.73. The van der Waals surface area contributed by atoms with Gasteiger partial charge in [0.05, 0.1) is 6.10 Å². The smallest absolute Gasteiger partial charge is 0.126 e. The lowest BCUT2D eigenvalue weighted by molar-refractivity contribution is 0.172. The number of anilines is 1. The topological polar surface area (TPSA) is 45.2 Å². The number of nitrogens with zero attached hydrogens (tertiary/aromatic N) is 1. The summed E-state index contributed by atoms with van der Waals surface area (Å²) in [7, 11) is 0. The predicted molar refractivity (Wildman–Crippen MR) is 60.9 cm³/mol. The number of aliphatic hydroxyl groups is 1. The van der Waals surface area contributed by atoms with Crippen LogP contribution in [-0.2, 0) is 0 Å². The van der Waals surface area contributed by atoms with Crippen molar-refractivity contribution in [3.05, 3.63) is 23.4 Å². The molecule has 0 aliphatic heterocycles. The Balaban J connectivity index is 2.13. The van der Waals surface area contributed by atoms with Crippen molar-refractivity contribution >= 4 is 5.82 Å². The first-order chi connectivity index (χ1) is 7.20. The van der Waals surface area contributed by atoms with Crippen molar-refractivity contribution < 1.29 is 5.11 Å². The molecule has 1 aromatic rings. The van der Waals surface area contributed by atoms with E-state index in [2.05, 4.69) is 10.3 Å². The zero-order valence-electron chi connectivity index (χ0n) is 9.33. The van der Waals surface area contributed by atoms with Crippen LogP contribution in [0.4, 0.5) is 5.82 Å². The maximum absolute atomic E-state index is 9.73. The largest absolute Gasteiger partial charge is 0.388 e. The number of aryl methyl sites for hydroxylation is 1. The van der Waals surface area contributed by atoms with E-state index in [1.54, 1.807) is 6.20 Å². The van der Waals surface area contributed by atoms with Crippen molar-refractivity contribution in [1.82, 2.24) is 4.98 Å². The Morgan fingerprint density at radius 1 is 1.60 bits per heavy atom. The van der Waals surface area contributed by atoms with E-state index in [1.807, 2.05) is 19.9 Å². The lowest BCUT2D eigenvalue weighted by atomic mass is 10.0. The van der Waals surface area contributed by atoms with Gasteiger partial charge in [0.15, 0.2) is 0 Å². The van der Waals surface area contributed by atoms with Crippen LogP contribution in [0, 0.1) is 6.92 Å². The fraction of sp³-hybridized carbons (Fsp3) is 0.583. The molecule has 82 valence electrons. The molecule has 1 atom stereocenters. The Bertz CT molecular complexity index is 347. The van der Waals surface area contributed by atoms with Crippen LogP contribution in [0.5, 0.6) is 0 Å². The van der Waals surface area contributed by atoms with Crippen molar-refractivity contribution in [3.8, 4) is 0 Å². The van der Waals surface area contributed by atoms with Crippen LogP contribution in [0.25, 0.3) is 0 Å². The molecule has 3 nitrogen and oxygen atoms in total. The molecule has 1 heterocycles. The molecule has 0 spiro atoms. The SMILES string of the molecule is CC[C@@H](O)c1cnc(NC2CC2)cc1C. The predicted octanol–water partition coefficient (Wildman–Crippen LogP) is 2.41. The van der Waals surface area contributed by atoms with Gasteiger partial charge in [0.1, 0.15) is 5.82 Å². The number of nitrogens with one attached hydrogen (secondary N) is 1. The summed E-state index contributed by atoms with van der Waals surface area (Å²) in [6, 6.07) is 2.64. The summed E-state index contributed by atoms with van der Waals surface area (Å²) < 4.78 is 0. The van der Waals surface area contributed by atoms with Crippen molar-refractivity contribution in [2.45, 2.75) is 45.3 Å². The Hall–Kier alpha value is -1.09. The molecule has 1 fully saturated rings. The summed E-state index contributed by atoms with van der Waals surface area (Å²) >= 11 is 0. The third-order valence-electron chi connectivity index (χ3n) is 2.83. The molecule has 1 aliphatic rings. The van der Waals surface area contributed by atoms with Crippen molar-refractivity contribution in [1.29, 1.82) is 0 Å². The Kier molecular flexibility index (Phi) is 2.91. The van der Waals surface area contributed by atoms with Gasteiger partial charge in [0.2, 0.25) is 0 Å². The van der Waals surface area contributed by atoms with Gasteiger partial charge in [-0.25, -0.2) is 4.98 Å². The van der Waals surface area contributed by atoms with Gasteiger partial charge in [0.25, 0.3) is 0 Å². The van der Waals surface area contributed by atoms with Crippen molar-refractivity contribution in [2.24, 2.45) is 0 Å². The average molecular weight is 206 g/mol. The van der Waals surface area contributed by atoms with Crippen molar-refractivity contribution in [3.63, 3.8) is 0 Å². The fourth-order valence-electron chi connectivity index (χ4n) is 1.65. The molecule has 2 N–H and O–H groups in total. The quantitative estimate of drug-likeness (QED) is 0.795. The molecule has 15 heavy (non-hydrogen) atoms. The summed E-state index contributed by atoms with van der Waals surface area (Å²) in [4.78, 5) is 4.32. The molecule has 1 aliphatic carbocycles. The molecule has 0 aromatic carbocycles. The van der Waals surface area contributed by atoms with E-state index in [1.165, 1.54) is 12.8 Å². The van der Waals surface area contributed by atoms with Gasteiger partial charge in [-0.05, 0) is 37.8 Å². The average Bonchev–Trinajstić information content (AvgIpc) is 3.01. The molecule has 1 saturated carbocycles. The molecule has 0 amide bonds. The third kappa shape index (κ3) is 2.48. The highest BCUT2D eigenvalue weighted by atomic mass is 16.3. The van der Waals surface area contributed by atoms with Gasteiger partial charge in [0, 0.05) is 17.8 Å². The molecular formula is C12H18N2O. The minimum Gasteiger partial charge on any atom is -0.388 e. The first-order valence-electron chi connectivity index (χ1n) is 5.62. The number of hydrogen-bond donors (Lipinski definition) is 2. The molecule has 0 radical (unpaired) electrons. The van der Waals surface area contributed by atoms with Crippen LogP contribution in [0.1, 0.15) is 43.4 Å². The minimum atomic E-state index is -0.382. The van der Waals surface area contributed by atoms with E-state index >= 15 is 0 Å². The van der Waals surface area contributed by atoms with Crippen LogP contribution in [0.3, 0.4) is 0 Å². The second-order valence-electron chi connectivity index (χ2n) is 4.27. The summed E-state index contributed by atoms with van der Waals surface area (Å²) in [5, 5.41) is 13.1.